The molecule has 0 heterocycles. The maximum Gasteiger partial charge on any atom is 0.132 e. The number of ether oxygens (including phenoxy) is 1. The number of aliphatic hydroxyl groups excluding tert-OH is 1. The van der Waals surface area contributed by atoms with Gasteiger partial charge >= 0.3 is 0 Å². The fourth-order valence-corrected chi connectivity index (χ4v) is 2.02. The summed E-state index contributed by atoms with van der Waals surface area (Å²) in [5.41, 5.74) is 7.36. The molecule has 0 bridgehead atoms. The molecule has 0 aromatic heterocycles. The Hall–Kier alpha value is -1.91. The van der Waals surface area contributed by atoms with Crippen LogP contribution in [0, 0.1) is 5.82 Å². The van der Waals surface area contributed by atoms with E-state index in [4.69, 9.17) is 15.6 Å². The molecule has 0 amide bonds. The van der Waals surface area contributed by atoms with Crippen LogP contribution in [0.4, 0.5) is 4.39 Å². The SMILES string of the molecule is CC(N)c1cc(F)ccc1Oc1ccccc1CCO. The second kappa shape index (κ2) is 6.50. The molecule has 1 unspecified atom stereocenters. The van der Waals surface area contributed by atoms with Crippen LogP contribution in [0.5, 0.6) is 11.5 Å². The summed E-state index contributed by atoms with van der Waals surface area (Å²) in [4.78, 5) is 0. The molecule has 4 heteroatoms. The highest BCUT2D eigenvalue weighted by Gasteiger charge is 2.12. The zero-order valence-electron chi connectivity index (χ0n) is 11.3. The maximum absolute atomic E-state index is 13.3. The number of hydrogen-bond acceptors (Lipinski definition) is 3. The molecule has 0 aliphatic carbocycles. The molecule has 3 N–H and O–H groups in total. The van der Waals surface area contributed by atoms with Crippen LogP contribution in [0.3, 0.4) is 0 Å². The molecule has 1 atom stereocenters. The summed E-state index contributed by atoms with van der Waals surface area (Å²) in [5.74, 6) is 0.843. The first kappa shape index (κ1) is 14.5. The highest BCUT2D eigenvalue weighted by molar-refractivity contribution is 5.42. The van der Waals surface area contributed by atoms with Gasteiger partial charge in [-0.15, -0.1) is 0 Å². The molecule has 0 spiro atoms. The van der Waals surface area contributed by atoms with Crippen LogP contribution >= 0.6 is 0 Å². The topological polar surface area (TPSA) is 55.5 Å². The number of hydrogen-bond donors (Lipinski definition) is 2. The Morgan fingerprint density at radius 1 is 1.20 bits per heavy atom. The number of rotatable bonds is 5. The van der Waals surface area contributed by atoms with Crippen molar-refractivity contribution >= 4 is 0 Å². The first-order valence-corrected chi connectivity index (χ1v) is 6.53. The zero-order chi connectivity index (χ0) is 14.5. The minimum Gasteiger partial charge on any atom is -0.457 e. The molecule has 0 aliphatic rings. The second-order valence-corrected chi connectivity index (χ2v) is 4.65. The van der Waals surface area contributed by atoms with E-state index in [1.807, 2.05) is 24.3 Å². The van der Waals surface area contributed by atoms with Gasteiger partial charge in [-0.3, -0.25) is 0 Å². The van der Waals surface area contributed by atoms with Crippen molar-refractivity contribution < 1.29 is 14.2 Å². The monoisotopic (exact) mass is 275 g/mol. The Kier molecular flexibility index (Phi) is 4.71. The van der Waals surface area contributed by atoms with E-state index in [1.54, 1.807) is 13.0 Å². The molecule has 2 aromatic rings. The summed E-state index contributed by atoms with van der Waals surface area (Å²) in [5, 5.41) is 9.06. The summed E-state index contributed by atoms with van der Waals surface area (Å²) in [7, 11) is 0. The Balaban J connectivity index is 2.35. The standard InChI is InChI=1S/C16H18FNO2/c1-11(18)14-10-13(17)6-7-16(14)20-15-5-3-2-4-12(15)8-9-19/h2-7,10-11,19H,8-9,18H2,1H3. The predicted octanol–water partition coefficient (Wildman–Crippen LogP) is 3.17. The fourth-order valence-electron chi connectivity index (χ4n) is 2.02. The molecule has 20 heavy (non-hydrogen) atoms. The van der Waals surface area contributed by atoms with Gasteiger partial charge in [-0.1, -0.05) is 18.2 Å². The van der Waals surface area contributed by atoms with Crippen molar-refractivity contribution in [2.75, 3.05) is 6.61 Å². The lowest BCUT2D eigenvalue weighted by Crippen LogP contribution is -2.07. The Morgan fingerprint density at radius 3 is 2.65 bits per heavy atom. The Labute approximate surface area is 117 Å². The highest BCUT2D eigenvalue weighted by atomic mass is 19.1. The maximum atomic E-state index is 13.3. The van der Waals surface area contributed by atoms with Crippen molar-refractivity contribution in [1.29, 1.82) is 0 Å². The van der Waals surface area contributed by atoms with Crippen molar-refractivity contribution in [3.8, 4) is 11.5 Å². The summed E-state index contributed by atoms with van der Waals surface area (Å²) < 4.78 is 19.2. The largest absolute Gasteiger partial charge is 0.457 e. The molecule has 0 fully saturated rings. The van der Waals surface area contributed by atoms with E-state index in [-0.39, 0.29) is 18.5 Å². The summed E-state index contributed by atoms with van der Waals surface area (Å²) in [6.45, 7) is 1.82. The first-order chi connectivity index (χ1) is 9.61. The number of para-hydroxylation sites is 1. The molecule has 3 nitrogen and oxygen atoms in total. The minimum absolute atomic E-state index is 0.0456. The summed E-state index contributed by atoms with van der Waals surface area (Å²) >= 11 is 0. The van der Waals surface area contributed by atoms with Crippen LogP contribution in [-0.2, 0) is 6.42 Å². The van der Waals surface area contributed by atoms with E-state index in [2.05, 4.69) is 0 Å². The van der Waals surface area contributed by atoms with Gasteiger partial charge < -0.3 is 15.6 Å². The average Bonchev–Trinajstić information content (AvgIpc) is 2.43. The number of benzene rings is 2. The van der Waals surface area contributed by atoms with Gasteiger partial charge in [-0.25, -0.2) is 4.39 Å². The fraction of sp³-hybridized carbons (Fsp3) is 0.250. The van der Waals surface area contributed by atoms with Crippen LogP contribution < -0.4 is 10.5 Å². The van der Waals surface area contributed by atoms with E-state index in [0.717, 1.165) is 5.56 Å². The van der Waals surface area contributed by atoms with Gasteiger partial charge in [0.1, 0.15) is 17.3 Å². The van der Waals surface area contributed by atoms with Gasteiger partial charge in [0.05, 0.1) is 0 Å². The average molecular weight is 275 g/mol. The van der Waals surface area contributed by atoms with Gasteiger partial charge in [-0.05, 0) is 43.2 Å². The second-order valence-electron chi connectivity index (χ2n) is 4.65. The van der Waals surface area contributed by atoms with Crippen LogP contribution in [0.15, 0.2) is 42.5 Å². The number of nitrogens with two attached hydrogens (primary N) is 1. The van der Waals surface area contributed by atoms with E-state index in [0.29, 0.717) is 23.5 Å². The van der Waals surface area contributed by atoms with Crippen molar-refractivity contribution in [1.82, 2.24) is 0 Å². The zero-order valence-corrected chi connectivity index (χ0v) is 11.3. The van der Waals surface area contributed by atoms with Crippen molar-refractivity contribution in [3.05, 3.63) is 59.4 Å². The molecular formula is C16H18FNO2. The van der Waals surface area contributed by atoms with Gasteiger partial charge in [0.25, 0.3) is 0 Å². The van der Waals surface area contributed by atoms with Crippen LogP contribution in [-0.4, -0.2) is 11.7 Å². The normalized spacial score (nSPS) is 12.2. The van der Waals surface area contributed by atoms with Gasteiger partial charge in [0, 0.05) is 18.2 Å². The third kappa shape index (κ3) is 3.35. The van der Waals surface area contributed by atoms with Gasteiger partial charge in [0.15, 0.2) is 0 Å². The Morgan fingerprint density at radius 2 is 1.95 bits per heavy atom. The molecular weight excluding hydrogens is 257 g/mol. The smallest absolute Gasteiger partial charge is 0.132 e. The van der Waals surface area contributed by atoms with Crippen molar-refractivity contribution in [2.24, 2.45) is 5.73 Å². The molecule has 0 saturated carbocycles. The van der Waals surface area contributed by atoms with Crippen LogP contribution in [0.1, 0.15) is 24.1 Å². The van der Waals surface area contributed by atoms with E-state index in [1.165, 1.54) is 12.1 Å². The predicted molar refractivity (Wildman–Crippen MR) is 76.3 cm³/mol. The third-order valence-corrected chi connectivity index (χ3v) is 3.04. The van der Waals surface area contributed by atoms with Crippen molar-refractivity contribution in [3.63, 3.8) is 0 Å². The van der Waals surface area contributed by atoms with E-state index >= 15 is 0 Å². The summed E-state index contributed by atoms with van der Waals surface area (Å²) in [6, 6.07) is 11.4. The highest BCUT2D eigenvalue weighted by Crippen LogP contribution is 2.31. The lowest BCUT2D eigenvalue weighted by atomic mass is 10.1. The lowest BCUT2D eigenvalue weighted by molar-refractivity contribution is 0.297. The summed E-state index contributed by atoms with van der Waals surface area (Å²) in [6.07, 6.45) is 0.505. The van der Waals surface area contributed by atoms with E-state index < -0.39 is 0 Å². The van der Waals surface area contributed by atoms with Crippen LogP contribution in [0.2, 0.25) is 0 Å². The number of aliphatic hydroxyl groups is 1. The molecule has 2 aromatic carbocycles. The lowest BCUT2D eigenvalue weighted by Gasteiger charge is -2.16. The van der Waals surface area contributed by atoms with Crippen molar-refractivity contribution in [2.45, 2.75) is 19.4 Å². The quantitative estimate of drug-likeness (QED) is 0.881. The minimum atomic E-state index is -0.340. The molecule has 0 radical (unpaired) electrons. The molecule has 106 valence electrons. The van der Waals surface area contributed by atoms with Gasteiger partial charge in [0.2, 0.25) is 0 Å². The van der Waals surface area contributed by atoms with Crippen LogP contribution in [0.25, 0.3) is 0 Å². The number of halogens is 1. The molecule has 0 aliphatic heterocycles. The Bertz CT molecular complexity index is 584. The molecule has 0 saturated heterocycles. The molecule has 2 rings (SSSR count). The first-order valence-electron chi connectivity index (χ1n) is 6.53. The van der Waals surface area contributed by atoms with Gasteiger partial charge in [-0.2, -0.15) is 0 Å². The van der Waals surface area contributed by atoms with E-state index in [9.17, 15) is 4.39 Å². The third-order valence-electron chi connectivity index (χ3n) is 3.04.